The number of aryl methyl sites for hydroxylation is 1. The van der Waals surface area contributed by atoms with Gasteiger partial charge in [-0.05, 0) is 48.7 Å². The molecule has 0 fully saturated rings. The molecule has 2 aromatic carbocycles. The highest BCUT2D eigenvalue weighted by molar-refractivity contribution is 7.92. The van der Waals surface area contributed by atoms with Crippen LogP contribution in [0.3, 0.4) is 0 Å². The van der Waals surface area contributed by atoms with Gasteiger partial charge in [0.25, 0.3) is 10.0 Å². The van der Waals surface area contributed by atoms with Crippen LogP contribution < -0.4 is 9.46 Å². The maximum absolute atomic E-state index is 12.5. The summed E-state index contributed by atoms with van der Waals surface area (Å²) in [6.07, 6.45) is 1.78. The first-order valence-electron chi connectivity index (χ1n) is 6.88. The lowest BCUT2D eigenvalue weighted by Crippen LogP contribution is -2.15. The summed E-state index contributed by atoms with van der Waals surface area (Å²) in [4.78, 5) is -0.0218. The van der Waals surface area contributed by atoms with E-state index in [1.54, 1.807) is 30.3 Å². The number of hydrogen-bond acceptors (Lipinski definition) is 4. The standard InChI is InChI=1S/C16H14N2O3S/c17-11-13-4-1-2-6-16(13)22(19,20)18-14-7-8-15-12(10-14)5-3-9-21-15/h1-2,4,6-8,10,18H,3,5,9H2. The van der Waals surface area contributed by atoms with E-state index in [2.05, 4.69) is 4.72 Å². The van der Waals surface area contributed by atoms with Gasteiger partial charge in [0, 0.05) is 5.69 Å². The first kappa shape index (κ1) is 14.4. The van der Waals surface area contributed by atoms with E-state index in [0.29, 0.717) is 12.3 Å². The Morgan fingerprint density at radius 2 is 2.00 bits per heavy atom. The number of rotatable bonds is 3. The van der Waals surface area contributed by atoms with Crippen molar-refractivity contribution in [1.29, 1.82) is 5.26 Å². The molecule has 6 heteroatoms. The monoisotopic (exact) mass is 314 g/mol. The minimum Gasteiger partial charge on any atom is -0.493 e. The second-order valence-electron chi connectivity index (χ2n) is 4.99. The molecule has 0 atom stereocenters. The molecule has 3 rings (SSSR count). The van der Waals surface area contributed by atoms with E-state index in [1.165, 1.54) is 12.1 Å². The van der Waals surface area contributed by atoms with Gasteiger partial charge in [0.1, 0.15) is 16.7 Å². The minimum atomic E-state index is -3.80. The van der Waals surface area contributed by atoms with Crippen LogP contribution in [-0.2, 0) is 16.4 Å². The summed E-state index contributed by atoms with van der Waals surface area (Å²) in [6, 6.07) is 13.2. The van der Waals surface area contributed by atoms with Crippen LogP contribution in [0.4, 0.5) is 5.69 Å². The molecular formula is C16H14N2O3S. The third-order valence-electron chi connectivity index (χ3n) is 3.46. The number of sulfonamides is 1. The highest BCUT2D eigenvalue weighted by atomic mass is 32.2. The van der Waals surface area contributed by atoms with E-state index in [0.717, 1.165) is 24.2 Å². The Bertz CT molecular complexity index is 854. The fourth-order valence-electron chi connectivity index (χ4n) is 2.43. The SMILES string of the molecule is N#Cc1ccccc1S(=O)(=O)Nc1ccc2c(c1)CCCO2. The Morgan fingerprint density at radius 1 is 1.18 bits per heavy atom. The molecule has 0 radical (unpaired) electrons. The highest BCUT2D eigenvalue weighted by Gasteiger charge is 2.19. The van der Waals surface area contributed by atoms with Gasteiger partial charge in [-0.25, -0.2) is 8.42 Å². The molecule has 0 aliphatic carbocycles. The Morgan fingerprint density at radius 3 is 2.82 bits per heavy atom. The van der Waals surface area contributed by atoms with Crippen LogP contribution in [0.25, 0.3) is 0 Å². The van der Waals surface area contributed by atoms with Gasteiger partial charge in [-0.1, -0.05) is 12.1 Å². The molecule has 22 heavy (non-hydrogen) atoms. The number of nitriles is 1. The van der Waals surface area contributed by atoms with Crippen molar-refractivity contribution in [2.45, 2.75) is 17.7 Å². The van der Waals surface area contributed by atoms with Crippen molar-refractivity contribution < 1.29 is 13.2 Å². The van der Waals surface area contributed by atoms with Crippen molar-refractivity contribution in [3.05, 3.63) is 53.6 Å². The zero-order valence-electron chi connectivity index (χ0n) is 11.7. The lowest BCUT2D eigenvalue weighted by Gasteiger charge is -2.18. The lowest BCUT2D eigenvalue weighted by atomic mass is 10.1. The topological polar surface area (TPSA) is 79.2 Å². The summed E-state index contributed by atoms with van der Waals surface area (Å²) in [6.45, 7) is 0.688. The van der Waals surface area contributed by atoms with Crippen LogP contribution in [0.15, 0.2) is 47.4 Å². The second kappa shape index (κ2) is 5.70. The largest absolute Gasteiger partial charge is 0.493 e. The number of anilines is 1. The molecule has 1 aliphatic heterocycles. The molecule has 0 amide bonds. The Balaban J connectivity index is 1.93. The first-order chi connectivity index (χ1) is 10.6. The molecule has 0 unspecified atom stereocenters. The maximum Gasteiger partial charge on any atom is 0.263 e. The van der Waals surface area contributed by atoms with Crippen LogP contribution in [-0.4, -0.2) is 15.0 Å². The molecule has 1 aliphatic rings. The normalized spacial score (nSPS) is 13.6. The predicted octanol–water partition coefficient (Wildman–Crippen LogP) is 2.68. The van der Waals surface area contributed by atoms with E-state index in [1.807, 2.05) is 6.07 Å². The number of fused-ring (bicyclic) bond motifs is 1. The average Bonchev–Trinajstić information content (AvgIpc) is 2.54. The number of nitrogens with one attached hydrogen (secondary N) is 1. The molecule has 0 saturated carbocycles. The minimum absolute atomic E-state index is 0.0218. The van der Waals surface area contributed by atoms with Gasteiger partial charge in [0.05, 0.1) is 12.2 Å². The number of benzene rings is 2. The average molecular weight is 314 g/mol. The summed E-state index contributed by atoms with van der Waals surface area (Å²) >= 11 is 0. The van der Waals surface area contributed by atoms with Gasteiger partial charge >= 0.3 is 0 Å². The molecular weight excluding hydrogens is 300 g/mol. The lowest BCUT2D eigenvalue weighted by molar-refractivity contribution is 0.288. The van der Waals surface area contributed by atoms with E-state index in [-0.39, 0.29) is 10.5 Å². The number of ether oxygens (including phenoxy) is 1. The van der Waals surface area contributed by atoms with Crippen LogP contribution in [0.5, 0.6) is 5.75 Å². The summed E-state index contributed by atoms with van der Waals surface area (Å²) in [7, 11) is -3.80. The van der Waals surface area contributed by atoms with Crippen LogP contribution in [0.1, 0.15) is 17.5 Å². The number of hydrogen-bond donors (Lipinski definition) is 1. The van der Waals surface area contributed by atoms with Crippen molar-refractivity contribution in [2.24, 2.45) is 0 Å². The third-order valence-corrected chi connectivity index (χ3v) is 4.90. The van der Waals surface area contributed by atoms with Gasteiger partial charge in [-0.3, -0.25) is 4.72 Å². The highest BCUT2D eigenvalue weighted by Crippen LogP contribution is 2.28. The quantitative estimate of drug-likeness (QED) is 0.944. The van der Waals surface area contributed by atoms with Gasteiger partial charge in [-0.2, -0.15) is 5.26 Å². The van der Waals surface area contributed by atoms with E-state index >= 15 is 0 Å². The molecule has 0 spiro atoms. The van der Waals surface area contributed by atoms with Gasteiger partial charge in [0.15, 0.2) is 0 Å². The summed E-state index contributed by atoms with van der Waals surface area (Å²) in [5.41, 5.74) is 1.58. The van der Waals surface area contributed by atoms with Crippen molar-refractivity contribution >= 4 is 15.7 Å². The van der Waals surface area contributed by atoms with E-state index in [4.69, 9.17) is 10.00 Å². The number of nitrogens with zero attached hydrogens (tertiary/aromatic N) is 1. The van der Waals surface area contributed by atoms with Crippen LogP contribution in [0.2, 0.25) is 0 Å². The molecule has 2 aromatic rings. The third kappa shape index (κ3) is 2.76. The molecule has 112 valence electrons. The van der Waals surface area contributed by atoms with E-state index in [9.17, 15) is 8.42 Å². The Labute approximate surface area is 129 Å². The smallest absolute Gasteiger partial charge is 0.263 e. The molecule has 0 bridgehead atoms. The van der Waals surface area contributed by atoms with Gasteiger partial charge in [0.2, 0.25) is 0 Å². The molecule has 0 saturated heterocycles. The predicted molar refractivity (Wildman–Crippen MR) is 82.2 cm³/mol. The summed E-state index contributed by atoms with van der Waals surface area (Å²) in [5, 5.41) is 9.05. The van der Waals surface area contributed by atoms with Crippen LogP contribution >= 0.6 is 0 Å². The van der Waals surface area contributed by atoms with Gasteiger partial charge < -0.3 is 4.74 Å². The van der Waals surface area contributed by atoms with E-state index < -0.39 is 10.0 Å². The Hall–Kier alpha value is -2.52. The van der Waals surface area contributed by atoms with Crippen molar-refractivity contribution in [3.8, 4) is 11.8 Å². The molecule has 1 N–H and O–H groups in total. The zero-order valence-corrected chi connectivity index (χ0v) is 12.6. The summed E-state index contributed by atoms with van der Waals surface area (Å²) < 4.78 is 32.9. The Kier molecular flexibility index (Phi) is 3.73. The van der Waals surface area contributed by atoms with Crippen molar-refractivity contribution in [2.75, 3.05) is 11.3 Å². The first-order valence-corrected chi connectivity index (χ1v) is 8.36. The van der Waals surface area contributed by atoms with Crippen molar-refractivity contribution in [3.63, 3.8) is 0 Å². The van der Waals surface area contributed by atoms with Crippen LogP contribution in [0, 0.1) is 11.3 Å². The molecule has 5 nitrogen and oxygen atoms in total. The van der Waals surface area contributed by atoms with Crippen molar-refractivity contribution in [1.82, 2.24) is 0 Å². The summed E-state index contributed by atoms with van der Waals surface area (Å²) in [5.74, 6) is 0.798. The fraction of sp³-hybridized carbons (Fsp3) is 0.188. The molecule has 0 aromatic heterocycles. The zero-order chi connectivity index (χ0) is 15.6. The maximum atomic E-state index is 12.5. The second-order valence-corrected chi connectivity index (χ2v) is 6.64. The molecule has 1 heterocycles. The fourth-order valence-corrected chi connectivity index (χ4v) is 3.64. The van der Waals surface area contributed by atoms with Gasteiger partial charge in [-0.15, -0.1) is 0 Å².